The lowest BCUT2D eigenvalue weighted by Crippen LogP contribution is -2.17. The number of carbonyl (C=O) groups is 1. The van der Waals surface area contributed by atoms with Crippen LogP contribution in [0.25, 0.3) is 0 Å². The highest BCUT2D eigenvalue weighted by atomic mass is 79.9. The molecule has 2 rings (SSSR count). The van der Waals surface area contributed by atoms with Crippen LogP contribution in [0.2, 0.25) is 5.02 Å². The molecule has 0 saturated heterocycles. The number of carbonyl (C=O) groups excluding carboxylic acids is 1. The van der Waals surface area contributed by atoms with Crippen LogP contribution in [0.3, 0.4) is 0 Å². The third-order valence-corrected chi connectivity index (χ3v) is 4.16. The summed E-state index contributed by atoms with van der Waals surface area (Å²) < 4.78 is 0.999. The maximum Gasteiger partial charge on any atom is 0.226 e. The van der Waals surface area contributed by atoms with E-state index in [0.29, 0.717) is 18.0 Å². The molecule has 0 aliphatic carbocycles. The summed E-state index contributed by atoms with van der Waals surface area (Å²) in [5.74, 6) is -0.0406. The molecule has 0 aromatic heterocycles. The van der Waals surface area contributed by atoms with Crippen LogP contribution in [0.1, 0.15) is 17.5 Å². The van der Waals surface area contributed by atoms with E-state index in [2.05, 4.69) is 26.6 Å². The summed E-state index contributed by atoms with van der Waals surface area (Å²) in [4.78, 5) is 12.0. The summed E-state index contributed by atoms with van der Waals surface area (Å²) in [6, 6.07) is 11.5. The van der Waals surface area contributed by atoms with E-state index in [-0.39, 0.29) is 5.91 Å². The highest BCUT2D eigenvalue weighted by Crippen LogP contribution is 2.23. The molecule has 22 heavy (non-hydrogen) atoms. The fourth-order valence-electron chi connectivity index (χ4n) is 2.02. The predicted octanol–water partition coefficient (Wildman–Crippen LogP) is 5.16. The number of aryl methyl sites for hydroxylation is 2. The minimum absolute atomic E-state index is 0.0406. The Morgan fingerprint density at radius 2 is 1.91 bits per heavy atom. The molecule has 0 unspecified atom stereocenters. The van der Waals surface area contributed by atoms with E-state index < -0.39 is 0 Å². The van der Waals surface area contributed by atoms with Gasteiger partial charge in [0.25, 0.3) is 0 Å². The number of nitrogens with one attached hydrogen (secondary N) is 2. The zero-order valence-corrected chi connectivity index (χ0v) is 14.9. The first-order valence-corrected chi connectivity index (χ1v) is 8.19. The van der Waals surface area contributed by atoms with Gasteiger partial charge in [-0.25, -0.2) is 0 Å². The summed E-state index contributed by atoms with van der Waals surface area (Å²) in [5.41, 5.74) is 3.92. The molecule has 0 spiro atoms. The summed E-state index contributed by atoms with van der Waals surface area (Å²) >= 11 is 9.45. The van der Waals surface area contributed by atoms with Gasteiger partial charge in [0.05, 0.1) is 0 Å². The Balaban J connectivity index is 1.86. The largest absolute Gasteiger partial charge is 0.384 e. The summed E-state index contributed by atoms with van der Waals surface area (Å²) in [6.07, 6.45) is 0.381. The Morgan fingerprint density at radius 1 is 1.14 bits per heavy atom. The van der Waals surface area contributed by atoms with E-state index in [4.69, 9.17) is 11.6 Å². The minimum atomic E-state index is -0.0406. The third kappa shape index (κ3) is 4.75. The Kier molecular flexibility index (Phi) is 5.86. The number of amides is 1. The van der Waals surface area contributed by atoms with Crippen LogP contribution in [0.15, 0.2) is 40.9 Å². The van der Waals surface area contributed by atoms with Gasteiger partial charge >= 0.3 is 0 Å². The van der Waals surface area contributed by atoms with Gasteiger partial charge in [-0.3, -0.25) is 4.79 Å². The Hall–Kier alpha value is -1.52. The van der Waals surface area contributed by atoms with Crippen molar-refractivity contribution in [2.24, 2.45) is 0 Å². The first-order valence-electron chi connectivity index (χ1n) is 7.02. The van der Waals surface area contributed by atoms with Crippen LogP contribution < -0.4 is 10.6 Å². The van der Waals surface area contributed by atoms with Crippen LogP contribution in [0, 0.1) is 13.8 Å². The van der Waals surface area contributed by atoms with Gasteiger partial charge in [0.1, 0.15) is 0 Å². The zero-order chi connectivity index (χ0) is 16.1. The second kappa shape index (κ2) is 7.65. The fraction of sp³-hybridized carbons (Fsp3) is 0.235. The lowest BCUT2D eigenvalue weighted by Gasteiger charge is -2.11. The zero-order valence-electron chi connectivity index (χ0n) is 12.5. The van der Waals surface area contributed by atoms with Crippen LogP contribution >= 0.6 is 27.5 Å². The van der Waals surface area contributed by atoms with Crippen molar-refractivity contribution in [2.75, 3.05) is 17.2 Å². The number of anilines is 2. The quantitative estimate of drug-likeness (QED) is 0.751. The summed E-state index contributed by atoms with van der Waals surface area (Å²) in [7, 11) is 0. The van der Waals surface area contributed by atoms with Crippen molar-refractivity contribution >= 4 is 44.8 Å². The number of benzene rings is 2. The Morgan fingerprint density at radius 3 is 2.64 bits per heavy atom. The maximum atomic E-state index is 12.0. The van der Waals surface area contributed by atoms with Gasteiger partial charge in [-0.15, -0.1) is 0 Å². The second-order valence-electron chi connectivity index (χ2n) is 5.17. The topological polar surface area (TPSA) is 41.1 Å². The molecule has 5 heteroatoms. The van der Waals surface area contributed by atoms with Gasteiger partial charge in [0.15, 0.2) is 0 Å². The van der Waals surface area contributed by atoms with E-state index in [0.717, 1.165) is 21.4 Å². The van der Waals surface area contributed by atoms with E-state index in [1.54, 1.807) is 6.07 Å². The van der Waals surface area contributed by atoms with Crippen LogP contribution in [-0.4, -0.2) is 12.5 Å². The average molecular weight is 382 g/mol. The third-order valence-electron chi connectivity index (χ3n) is 3.27. The van der Waals surface area contributed by atoms with Gasteiger partial charge in [-0.1, -0.05) is 23.7 Å². The molecule has 0 atom stereocenters. The lowest BCUT2D eigenvalue weighted by atomic mass is 10.2. The molecule has 0 bridgehead atoms. The molecule has 2 N–H and O–H groups in total. The molecular formula is C17H18BrClN2O. The first-order chi connectivity index (χ1) is 10.5. The molecule has 0 aliphatic heterocycles. The van der Waals surface area contributed by atoms with Crippen LogP contribution in [0.4, 0.5) is 11.4 Å². The number of hydrogen-bond donors (Lipinski definition) is 2. The molecule has 0 heterocycles. The van der Waals surface area contributed by atoms with E-state index in [9.17, 15) is 4.79 Å². The van der Waals surface area contributed by atoms with Crippen molar-refractivity contribution in [1.82, 2.24) is 0 Å². The standard InChI is InChI=1S/C17H18BrClN2O/c1-11-3-6-15(14(18)9-11)20-8-7-17(22)21-16-10-13(19)5-4-12(16)2/h3-6,9-10,20H,7-8H2,1-2H3,(H,21,22). The van der Waals surface area contributed by atoms with Gasteiger partial charge in [0.2, 0.25) is 5.91 Å². The molecule has 1 amide bonds. The highest BCUT2D eigenvalue weighted by Gasteiger charge is 2.06. The fourth-order valence-corrected chi connectivity index (χ4v) is 2.82. The molecule has 3 nitrogen and oxygen atoms in total. The predicted molar refractivity (Wildman–Crippen MR) is 96.8 cm³/mol. The van der Waals surface area contributed by atoms with Gasteiger partial charge < -0.3 is 10.6 Å². The Labute approximate surface area is 144 Å². The minimum Gasteiger partial charge on any atom is -0.384 e. The molecule has 0 aliphatic rings. The van der Waals surface area contributed by atoms with Crippen molar-refractivity contribution in [3.63, 3.8) is 0 Å². The first kappa shape index (κ1) is 16.8. The van der Waals surface area contributed by atoms with Gasteiger partial charge in [-0.05, 0) is 65.2 Å². The highest BCUT2D eigenvalue weighted by molar-refractivity contribution is 9.10. The van der Waals surface area contributed by atoms with Crippen molar-refractivity contribution in [2.45, 2.75) is 20.3 Å². The van der Waals surface area contributed by atoms with Crippen LogP contribution in [0.5, 0.6) is 0 Å². The Bertz CT molecular complexity index is 688. The number of rotatable bonds is 5. The monoisotopic (exact) mass is 380 g/mol. The average Bonchev–Trinajstić information content (AvgIpc) is 2.45. The van der Waals surface area contributed by atoms with E-state index >= 15 is 0 Å². The molecule has 2 aromatic carbocycles. The number of halogens is 2. The van der Waals surface area contributed by atoms with Crippen LogP contribution in [-0.2, 0) is 4.79 Å². The van der Waals surface area contributed by atoms with Crippen molar-refractivity contribution < 1.29 is 4.79 Å². The summed E-state index contributed by atoms with van der Waals surface area (Å²) in [6.45, 7) is 4.54. The number of hydrogen-bond acceptors (Lipinski definition) is 2. The van der Waals surface area contributed by atoms with E-state index in [1.165, 1.54) is 5.56 Å². The van der Waals surface area contributed by atoms with Crippen molar-refractivity contribution in [3.05, 3.63) is 57.0 Å². The molecule has 0 saturated carbocycles. The smallest absolute Gasteiger partial charge is 0.226 e. The van der Waals surface area contributed by atoms with Crippen molar-refractivity contribution in [3.8, 4) is 0 Å². The molecule has 0 radical (unpaired) electrons. The van der Waals surface area contributed by atoms with Gasteiger partial charge in [0, 0.05) is 33.8 Å². The second-order valence-corrected chi connectivity index (χ2v) is 6.46. The van der Waals surface area contributed by atoms with Crippen molar-refractivity contribution in [1.29, 1.82) is 0 Å². The summed E-state index contributed by atoms with van der Waals surface area (Å²) in [5, 5.41) is 6.75. The molecular weight excluding hydrogens is 364 g/mol. The molecule has 0 fully saturated rings. The normalized spacial score (nSPS) is 10.4. The molecule has 116 valence electrons. The SMILES string of the molecule is Cc1ccc(NCCC(=O)Nc2cc(Cl)ccc2C)c(Br)c1. The lowest BCUT2D eigenvalue weighted by molar-refractivity contribution is -0.115. The maximum absolute atomic E-state index is 12.0. The van der Waals surface area contributed by atoms with Gasteiger partial charge in [-0.2, -0.15) is 0 Å². The van der Waals surface area contributed by atoms with E-state index in [1.807, 2.05) is 44.2 Å². The molecule has 2 aromatic rings.